The van der Waals surface area contributed by atoms with E-state index in [0.29, 0.717) is 13.1 Å². The average molecular weight is 359 g/mol. The number of halogens is 1. The van der Waals surface area contributed by atoms with E-state index in [-0.39, 0.29) is 13.2 Å². The summed E-state index contributed by atoms with van der Waals surface area (Å²) in [4.78, 5) is 10.4. The fourth-order valence-electron chi connectivity index (χ4n) is 1.83. The van der Waals surface area contributed by atoms with Crippen molar-refractivity contribution in [1.82, 2.24) is 9.97 Å². The van der Waals surface area contributed by atoms with Crippen molar-refractivity contribution in [1.29, 1.82) is 0 Å². The molecular formula is C12H14IN3O2. The second-order valence-corrected chi connectivity index (χ2v) is 5.04. The van der Waals surface area contributed by atoms with E-state index in [1.54, 1.807) is 0 Å². The molecule has 1 aromatic heterocycles. The van der Waals surface area contributed by atoms with Gasteiger partial charge >= 0.3 is 0 Å². The molecule has 0 saturated heterocycles. The van der Waals surface area contributed by atoms with Crippen LogP contribution in [0.4, 0.5) is 5.82 Å². The van der Waals surface area contributed by atoms with Gasteiger partial charge in [-0.1, -0.05) is 0 Å². The molecule has 0 amide bonds. The van der Waals surface area contributed by atoms with Crippen LogP contribution in [0.5, 0.6) is 0 Å². The van der Waals surface area contributed by atoms with Gasteiger partial charge in [0.25, 0.3) is 0 Å². The van der Waals surface area contributed by atoms with Crippen LogP contribution >= 0.6 is 22.6 Å². The lowest BCUT2D eigenvalue weighted by Gasteiger charge is -2.22. The van der Waals surface area contributed by atoms with Crippen molar-refractivity contribution < 1.29 is 10.2 Å². The zero-order valence-electron chi connectivity index (χ0n) is 9.75. The third-order valence-corrected chi connectivity index (χ3v) is 3.29. The molecule has 18 heavy (non-hydrogen) atoms. The third kappa shape index (κ3) is 2.88. The second kappa shape index (κ2) is 6.26. The zero-order valence-corrected chi connectivity index (χ0v) is 11.9. The van der Waals surface area contributed by atoms with Crippen LogP contribution in [0.2, 0.25) is 0 Å². The van der Waals surface area contributed by atoms with Crippen molar-refractivity contribution >= 4 is 39.3 Å². The van der Waals surface area contributed by atoms with Crippen molar-refractivity contribution in [2.75, 3.05) is 31.2 Å². The van der Waals surface area contributed by atoms with Gasteiger partial charge in [0.05, 0.1) is 18.7 Å². The van der Waals surface area contributed by atoms with E-state index in [2.05, 4.69) is 32.6 Å². The molecule has 0 atom stereocenters. The normalized spacial score (nSPS) is 10.8. The first-order chi connectivity index (χ1) is 8.76. The van der Waals surface area contributed by atoms with Crippen molar-refractivity contribution in [3.05, 3.63) is 28.1 Å². The Morgan fingerprint density at radius 1 is 1.11 bits per heavy atom. The molecule has 0 fully saturated rings. The van der Waals surface area contributed by atoms with Gasteiger partial charge in [-0.3, -0.25) is 0 Å². The molecule has 2 rings (SSSR count). The first-order valence-corrected chi connectivity index (χ1v) is 6.71. The number of aromatic nitrogens is 2. The van der Waals surface area contributed by atoms with E-state index in [1.165, 1.54) is 6.33 Å². The maximum atomic E-state index is 9.08. The summed E-state index contributed by atoms with van der Waals surface area (Å²) in [6.45, 7) is 0.932. The molecule has 0 saturated carbocycles. The first-order valence-electron chi connectivity index (χ1n) is 5.63. The van der Waals surface area contributed by atoms with Gasteiger partial charge < -0.3 is 15.1 Å². The van der Waals surface area contributed by atoms with Crippen LogP contribution in [0.25, 0.3) is 10.9 Å². The monoisotopic (exact) mass is 359 g/mol. The molecule has 0 bridgehead atoms. The van der Waals surface area contributed by atoms with Gasteiger partial charge in [0.15, 0.2) is 0 Å². The van der Waals surface area contributed by atoms with E-state index in [4.69, 9.17) is 10.2 Å². The SMILES string of the molecule is OCCN(CCO)c1ncnc2ccc(I)cc12. The number of aliphatic hydroxyl groups is 2. The van der Waals surface area contributed by atoms with Gasteiger partial charge in [-0.25, -0.2) is 9.97 Å². The quantitative estimate of drug-likeness (QED) is 0.781. The zero-order chi connectivity index (χ0) is 13.0. The van der Waals surface area contributed by atoms with Crippen LogP contribution in [-0.4, -0.2) is 46.5 Å². The Kier molecular flexibility index (Phi) is 4.67. The number of benzene rings is 1. The van der Waals surface area contributed by atoms with Crippen molar-refractivity contribution in [3.8, 4) is 0 Å². The van der Waals surface area contributed by atoms with Gasteiger partial charge in [-0.15, -0.1) is 0 Å². The highest BCUT2D eigenvalue weighted by molar-refractivity contribution is 14.1. The number of nitrogens with zero attached hydrogens (tertiary/aromatic N) is 3. The van der Waals surface area contributed by atoms with Crippen molar-refractivity contribution in [2.45, 2.75) is 0 Å². The molecule has 2 aromatic rings. The van der Waals surface area contributed by atoms with Crippen molar-refractivity contribution in [3.63, 3.8) is 0 Å². The fourth-order valence-corrected chi connectivity index (χ4v) is 2.32. The lowest BCUT2D eigenvalue weighted by atomic mass is 10.2. The second-order valence-electron chi connectivity index (χ2n) is 3.79. The molecule has 0 aliphatic rings. The Morgan fingerprint density at radius 2 is 1.83 bits per heavy atom. The number of hydrogen-bond acceptors (Lipinski definition) is 5. The molecule has 0 unspecified atom stereocenters. The molecule has 5 nitrogen and oxygen atoms in total. The number of anilines is 1. The van der Waals surface area contributed by atoms with Gasteiger partial charge in [0, 0.05) is 22.0 Å². The summed E-state index contributed by atoms with van der Waals surface area (Å²) in [6.07, 6.45) is 1.51. The van der Waals surface area contributed by atoms with E-state index < -0.39 is 0 Å². The molecule has 0 spiro atoms. The number of hydrogen-bond donors (Lipinski definition) is 2. The molecule has 0 radical (unpaired) electrons. The summed E-state index contributed by atoms with van der Waals surface area (Å²) in [5.41, 5.74) is 0.862. The summed E-state index contributed by atoms with van der Waals surface area (Å²) in [5, 5.41) is 19.1. The standard InChI is InChI=1S/C12H14IN3O2/c13-9-1-2-11-10(7-9)12(15-8-14-11)16(3-5-17)4-6-18/h1-2,7-8,17-18H,3-6H2. The Balaban J connectivity index is 2.50. The Bertz CT molecular complexity index is 530. The number of fused-ring (bicyclic) bond motifs is 1. The van der Waals surface area contributed by atoms with Crippen LogP contribution in [0.3, 0.4) is 0 Å². The largest absolute Gasteiger partial charge is 0.395 e. The highest BCUT2D eigenvalue weighted by Gasteiger charge is 2.11. The minimum atomic E-state index is 0.0232. The molecule has 96 valence electrons. The summed E-state index contributed by atoms with van der Waals surface area (Å²) in [5.74, 6) is 0.751. The molecule has 1 heterocycles. The molecular weight excluding hydrogens is 345 g/mol. The summed E-state index contributed by atoms with van der Waals surface area (Å²) < 4.78 is 1.10. The number of rotatable bonds is 5. The van der Waals surface area contributed by atoms with E-state index in [1.807, 2.05) is 23.1 Å². The van der Waals surface area contributed by atoms with Crippen LogP contribution in [0.15, 0.2) is 24.5 Å². The van der Waals surface area contributed by atoms with Gasteiger partial charge in [0.2, 0.25) is 0 Å². The maximum absolute atomic E-state index is 9.08. The highest BCUT2D eigenvalue weighted by Crippen LogP contribution is 2.24. The predicted octanol–water partition coefficient (Wildman–Crippen LogP) is 1.03. The smallest absolute Gasteiger partial charge is 0.140 e. The maximum Gasteiger partial charge on any atom is 0.140 e. The number of aliphatic hydroxyl groups excluding tert-OH is 2. The summed E-state index contributed by atoms with van der Waals surface area (Å²) in [7, 11) is 0. The van der Waals surface area contributed by atoms with Gasteiger partial charge in [0.1, 0.15) is 12.1 Å². The summed E-state index contributed by atoms with van der Waals surface area (Å²) in [6, 6.07) is 5.94. The lowest BCUT2D eigenvalue weighted by Crippen LogP contribution is -2.30. The molecule has 1 aromatic carbocycles. The molecule has 0 aliphatic carbocycles. The van der Waals surface area contributed by atoms with E-state index in [9.17, 15) is 0 Å². The molecule has 6 heteroatoms. The highest BCUT2D eigenvalue weighted by atomic mass is 127. The molecule has 0 aliphatic heterocycles. The third-order valence-electron chi connectivity index (χ3n) is 2.62. The van der Waals surface area contributed by atoms with Crippen LogP contribution in [0, 0.1) is 3.57 Å². The Hall–Kier alpha value is -0.990. The Labute approximate surface area is 119 Å². The minimum Gasteiger partial charge on any atom is -0.395 e. The molecule has 2 N–H and O–H groups in total. The van der Waals surface area contributed by atoms with Crippen LogP contribution in [0.1, 0.15) is 0 Å². The average Bonchev–Trinajstić information content (AvgIpc) is 2.38. The van der Waals surface area contributed by atoms with Crippen LogP contribution in [-0.2, 0) is 0 Å². The fraction of sp³-hybridized carbons (Fsp3) is 0.333. The minimum absolute atomic E-state index is 0.0232. The van der Waals surface area contributed by atoms with Crippen LogP contribution < -0.4 is 4.90 Å². The topological polar surface area (TPSA) is 69.5 Å². The van der Waals surface area contributed by atoms with Crippen molar-refractivity contribution in [2.24, 2.45) is 0 Å². The predicted molar refractivity (Wildman–Crippen MR) is 78.6 cm³/mol. The first kappa shape index (κ1) is 13.4. The van der Waals surface area contributed by atoms with E-state index in [0.717, 1.165) is 20.3 Å². The van der Waals surface area contributed by atoms with Gasteiger partial charge in [-0.05, 0) is 40.8 Å². The lowest BCUT2D eigenvalue weighted by molar-refractivity contribution is 0.281. The van der Waals surface area contributed by atoms with E-state index >= 15 is 0 Å². The summed E-state index contributed by atoms with van der Waals surface area (Å²) >= 11 is 2.24. The van der Waals surface area contributed by atoms with Gasteiger partial charge in [-0.2, -0.15) is 0 Å². The Morgan fingerprint density at radius 3 is 2.50 bits per heavy atom.